The van der Waals surface area contributed by atoms with Crippen molar-refractivity contribution >= 4 is 0 Å². The van der Waals surface area contributed by atoms with E-state index in [1.165, 1.54) is 70.6 Å². The van der Waals surface area contributed by atoms with Crippen molar-refractivity contribution in [1.82, 2.24) is 5.32 Å². The highest BCUT2D eigenvalue weighted by Gasteiger charge is 2.54. The molecule has 1 unspecified atom stereocenters. The lowest BCUT2D eigenvalue weighted by Crippen LogP contribution is -2.57. The van der Waals surface area contributed by atoms with E-state index < -0.39 is 0 Å². The van der Waals surface area contributed by atoms with E-state index >= 15 is 0 Å². The van der Waals surface area contributed by atoms with E-state index in [1.807, 2.05) is 0 Å². The fourth-order valence-corrected chi connectivity index (χ4v) is 6.39. The molecule has 0 aromatic heterocycles. The summed E-state index contributed by atoms with van der Waals surface area (Å²) in [6.07, 6.45) is 15.2. The average molecular weight is 272 g/mol. The molecule has 0 saturated heterocycles. The van der Waals surface area contributed by atoms with Gasteiger partial charge in [0.1, 0.15) is 6.04 Å². The molecule has 0 spiro atoms. The molecule has 5 aliphatic rings. The van der Waals surface area contributed by atoms with Crippen molar-refractivity contribution in [3.05, 3.63) is 0 Å². The van der Waals surface area contributed by atoms with Crippen LogP contribution in [0.5, 0.6) is 0 Å². The number of hydrogen-bond acceptors (Lipinski definition) is 2. The van der Waals surface area contributed by atoms with E-state index in [0.717, 1.165) is 17.8 Å². The Hall–Kier alpha value is -0.550. The van der Waals surface area contributed by atoms with E-state index in [0.29, 0.717) is 11.5 Å². The van der Waals surface area contributed by atoms with Gasteiger partial charge in [0, 0.05) is 6.04 Å². The molecule has 4 bridgehead atoms. The van der Waals surface area contributed by atoms with Crippen LogP contribution in [0.2, 0.25) is 0 Å². The van der Waals surface area contributed by atoms with Crippen molar-refractivity contribution in [1.29, 1.82) is 5.26 Å². The summed E-state index contributed by atoms with van der Waals surface area (Å²) >= 11 is 0. The van der Waals surface area contributed by atoms with Crippen molar-refractivity contribution in [2.75, 3.05) is 0 Å². The number of rotatable bonds is 3. The quantitative estimate of drug-likeness (QED) is 0.842. The lowest BCUT2D eigenvalue weighted by Gasteiger charge is -2.58. The molecule has 0 heterocycles. The van der Waals surface area contributed by atoms with Crippen LogP contribution >= 0.6 is 0 Å². The van der Waals surface area contributed by atoms with Gasteiger partial charge in [-0.2, -0.15) is 5.26 Å². The van der Waals surface area contributed by atoms with Gasteiger partial charge in [0.2, 0.25) is 0 Å². The van der Waals surface area contributed by atoms with Gasteiger partial charge in [0.05, 0.1) is 6.07 Å². The lowest BCUT2D eigenvalue weighted by molar-refractivity contribution is -0.0658. The summed E-state index contributed by atoms with van der Waals surface area (Å²) in [6.45, 7) is 0. The van der Waals surface area contributed by atoms with E-state index in [9.17, 15) is 5.26 Å². The van der Waals surface area contributed by atoms with Gasteiger partial charge in [-0.25, -0.2) is 0 Å². The Morgan fingerprint density at radius 2 is 1.45 bits per heavy atom. The lowest BCUT2D eigenvalue weighted by atomic mass is 9.48. The first-order chi connectivity index (χ1) is 9.77. The Labute approximate surface area is 123 Å². The molecule has 0 aromatic carbocycles. The van der Waals surface area contributed by atoms with Crippen LogP contribution in [0.3, 0.4) is 0 Å². The SMILES string of the molecule is N#CC(NC1CCCCC1)C12CC3CC(CC(C3)C1)C2. The third-order valence-electron chi connectivity index (χ3n) is 6.83. The highest BCUT2D eigenvalue weighted by molar-refractivity contribution is 5.12. The topological polar surface area (TPSA) is 35.8 Å². The van der Waals surface area contributed by atoms with Gasteiger partial charge >= 0.3 is 0 Å². The van der Waals surface area contributed by atoms with Crippen LogP contribution in [-0.4, -0.2) is 12.1 Å². The molecule has 20 heavy (non-hydrogen) atoms. The molecular weight excluding hydrogens is 244 g/mol. The maximum atomic E-state index is 9.80. The summed E-state index contributed by atoms with van der Waals surface area (Å²) in [5, 5.41) is 13.6. The van der Waals surface area contributed by atoms with Crippen LogP contribution in [0.15, 0.2) is 0 Å². The fourth-order valence-electron chi connectivity index (χ4n) is 6.39. The normalized spacial score (nSPS) is 45.2. The number of nitriles is 1. The van der Waals surface area contributed by atoms with Gasteiger partial charge in [0.15, 0.2) is 0 Å². The van der Waals surface area contributed by atoms with Gasteiger partial charge in [0.25, 0.3) is 0 Å². The predicted molar refractivity (Wildman–Crippen MR) is 80.0 cm³/mol. The molecule has 1 N–H and O–H groups in total. The number of nitrogens with zero attached hydrogens (tertiary/aromatic N) is 1. The largest absolute Gasteiger partial charge is 0.299 e. The highest BCUT2D eigenvalue weighted by Crippen LogP contribution is 2.61. The Kier molecular flexibility index (Phi) is 3.30. The summed E-state index contributed by atoms with van der Waals surface area (Å²) in [6, 6.07) is 3.46. The van der Waals surface area contributed by atoms with Gasteiger partial charge in [-0.3, -0.25) is 5.32 Å². The summed E-state index contributed by atoms with van der Waals surface area (Å²) in [7, 11) is 0. The van der Waals surface area contributed by atoms with Gasteiger partial charge in [-0.15, -0.1) is 0 Å². The molecule has 0 radical (unpaired) electrons. The van der Waals surface area contributed by atoms with Gasteiger partial charge < -0.3 is 0 Å². The number of nitrogens with one attached hydrogen (secondary N) is 1. The fraction of sp³-hybridized carbons (Fsp3) is 0.944. The minimum Gasteiger partial charge on any atom is -0.299 e. The van der Waals surface area contributed by atoms with Crippen LogP contribution in [0.1, 0.15) is 70.6 Å². The van der Waals surface area contributed by atoms with Crippen LogP contribution in [0, 0.1) is 34.5 Å². The molecule has 0 aromatic rings. The molecule has 1 atom stereocenters. The van der Waals surface area contributed by atoms with E-state index in [1.54, 1.807) is 0 Å². The van der Waals surface area contributed by atoms with Crippen LogP contribution in [-0.2, 0) is 0 Å². The van der Waals surface area contributed by atoms with E-state index in [4.69, 9.17) is 0 Å². The Bertz CT molecular complexity index is 367. The first-order valence-corrected chi connectivity index (χ1v) is 8.93. The van der Waals surface area contributed by atoms with Crippen LogP contribution in [0.4, 0.5) is 0 Å². The summed E-state index contributed by atoms with van der Waals surface area (Å²) in [5.74, 6) is 2.85. The van der Waals surface area contributed by atoms with E-state index in [-0.39, 0.29) is 6.04 Å². The molecule has 2 heteroatoms. The second kappa shape index (κ2) is 5.02. The zero-order valence-electron chi connectivity index (χ0n) is 12.6. The predicted octanol–water partition coefficient (Wildman–Crippen LogP) is 4.02. The smallest absolute Gasteiger partial charge is 0.101 e. The van der Waals surface area contributed by atoms with Crippen molar-refractivity contribution in [2.45, 2.75) is 82.7 Å². The van der Waals surface area contributed by atoms with Crippen LogP contribution in [0.25, 0.3) is 0 Å². The summed E-state index contributed by atoms with van der Waals surface area (Å²) in [5.41, 5.74) is 0.348. The molecule has 0 amide bonds. The first-order valence-electron chi connectivity index (χ1n) is 8.93. The van der Waals surface area contributed by atoms with Crippen molar-refractivity contribution in [2.24, 2.45) is 23.2 Å². The van der Waals surface area contributed by atoms with E-state index in [2.05, 4.69) is 11.4 Å². The minimum atomic E-state index is 0.138. The highest BCUT2D eigenvalue weighted by atomic mass is 15.0. The molecule has 5 fully saturated rings. The zero-order valence-corrected chi connectivity index (χ0v) is 12.6. The Morgan fingerprint density at radius 1 is 0.900 bits per heavy atom. The summed E-state index contributed by atoms with van der Waals surface area (Å²) in [4.78, 5) is 0. The second-order valence-corrected chi connectivity index (χ2v) is 8.34. The van der Waals surface area contributed by atoms with Crippen LogP contribution < -0.4 is 5.32 Å². The minimum absolute atomic E-state index is 0.138. The Balaban J connectivity index is 1.50. The molecule has 0 aliphatic heterocycles. The maximum absolute atomic E-state index is 9.80. The molecule has 2 nitrogen and oxygen atoms in total. The molecule has 5 rings (SSSR count). The first kappa shape index (κ1) is 13.1. The average Bonchev–Trinajstić information content (AvgIpc) is 2.44. The Morgan fingerprint density at radius 3 is 1.95 bits per heavy atom. The summed E-state index contributed by atoms with van der Waals surface area (Å²) < 4.78 is 0. The third-order valence-corrected chi connectivity index (χ3v) is 6.83. The number of hydrogen-bond donors (Lipinski definition) is 1. The maximum Gasteiger partial charge on any atom is 0.101 e. The molecular formula is C18H28N2. The standard InChI is InChI=1S/C18H28N2/c19-12-17(20-16-4-2-1-3-5-16)18-9-13-6-14(10-18)8-15(7-13)11-18/h13-17,20H,1-11H2. The monoisotopic (exact) mass is 272 g/mol. The molecule has 110 valence electrons. The van der Waals surface area contributed by atoms with Crippen molar-refractivity contribution < 1.29 is 0 Å². The second-order valence-electron chi connectivity index (χ2n) is 8.34. The zero-order chi connectivity index (χ0) is 13.6. The van der Waals surface area contributed by atoms with Gasteiger partial charge in [-0.1, -0.05) is 19.3 Å². The molecule has 5 aliphatic carbocycles. The van der Waals surface area contributed by atoms with Crippen molar-refractivity contribution in [3.8, 4) is 6.07 Å². The van der Waals surface area contributed by atoms with Gasteiger partial charge in [-0.05, 0) is 74.5 Å². The van der Waals surface area contributed by atoms with Crippen molar-refractivity contribution in [3.63, 3.8) is 0 Å². The molecule has 5 saturated carbocycles. The third kappa shape index (κ3) is 2.19.